The molecule has 26 heavy (non-hydrogen) atoms. The van der Waals surface area contributed by atoms with Crippen LogP contribution in [0.1, 0.15) is 33.6 Å². The number of thioether (sulfide) groups is 1. The van der Waals surface area contributed by atoms with Crippen molar-refractivity contribution in [3.05, 3.63) is 11.6 Å². The molecule has 0 bridgehead atoms. The number of aromatic nitrogens is 1. The number of nitrogens with zero attached hydrogens (tertiary/aromatic N) is 3. The van der Waals surface area contributed by atoms with Gasteiger partial charge in [0.15, 0.2) is 5.96 Å². The molecule has 2 rings (SSSR count). The maximum absolute atomic E-state index is 11.9. The zero-order chi connectivity index (χ0) is 19.0. The van der Waals surface area contributed by atoms with Gasteiger partial charge in [0, 0.05) is 44.0 Å². The predicted octanol–water partition coefficient (Wildman–Crippen LogP) is 2.80. The standard InChI is InChI=1S/C17H29N5O2S2/c1-17(2,3)24-15(23)21-13-6-9-22(12-13)14(18-4)19-7-5-10-25-16-20-8-11-26-16/h8,11,13H,5-7,9-10,12H2,1-4H3,(H,18,19)(H,21,23). The first kappa shape index (κ1) is 20.8. The summed E-state index contributed by atoms with van der Waals surface area (Å²) in [5.74, 6) is 1.91. The molecule has 0 aliphatic carbocycles. The molecule has 1 atom stereocenters. The maximum atomic E-state index is 11.9. The summed E-state index contributed by atoms with van der Waals surface area (Å²) >= 11 is 3.46. The topological polar surface area (TPSA) is 78.9 Å². The SMILES string of the molecule is CN=C(NCCCSc1nccs1)N1CCC(NC(=O)OC(C)(C)C)C1. The zero-order valence-corrected chi connectivity index (χ0v) is 17.6. The second-order valence-corrected chi connectivity index (χ2v) is 9.29. The fourth-order valence-corrected chi connectivity index (χ4v) is 4.24. The van der Waals surface area contributed by atoms with Crippen LogP contribution in [0.4, 0.5) is 4.79 Å². The molecule has 1 unspecified atom stereocenters. The van der Waals surface area contributed by atoms with Crippen LogP contribution in [-0.4, -0.2) is 66.0 Å². The minimum absolute atomic E-state index is 0.0869. The third-order valence-corrected chi connectivity index (χ3v) is 5.71. The number of hydrogen-bond donors (Lipinski definition) is 2. The van der Waals surface area contributed by atoms with E-state index in [2.05, 4.69) is 25.5 Å². The van der Waals surface area contributed by atoms with Crippen molar-refractivity contribution in [1.29, 1.82) is 0 Å². The van der Waals surface area contributed by atoms with Crippen molar-refractivity contribution in [1.82, 2.24) is 20.5 Å². The van der Waals surface area contributed by atoms with E-state index in [1.165, 1.54) is 0 Å². The summed E-state index contributed by atoms with van der Waals surface area (Å²) < 4.78 is 6.44. The summed E-state index contributed by atoms with van der Waals surface area (Å²) in [7, 11) is 1.79. The quantitative estimate of drug-likeness (QED) is 0.331. The Morgan fingerprint density at radius 3 is 3.00 bits per heavy atom. The number of guanidine groups is 1. The van der Waals surface area contributed by atoms with Crippen LogP contribution in [0.2, 0.25) is 0 Å². The number of alkyl carbamates (subject to hydrolysis) is 1. The molecule has 1 aromatic rings. The van der Waals surface area contributed by atoms with E-state index in [0.29, 0.717) is 0 Å². The van der Waals surface area contributed by atoms with E-state index in [0.717, 1.165) is 48.5 Å². The number of nitrogens with one attached hydrogen (secondary N) is 2. The molecule has 146 valence electrons. The van der Waals surface area contributed by atoms with Gasteiger partial charge in [-0.25, -0.2) is 9.78 Å². The molecule has 2 N–H and O–H groups in total. The largest absolute Gasteiger partial charge is 0.444 e. The van der Waals surface area contributed by atoms with Crippen LogP contribution >= 0.6 is 23.1 Å². The highest BCUT2D eigenvalue weighted by molar-refractivity contribution is 8.00. The van der Waals surface area contributed by atoms with Gasteiger partial charge < -0.3 is 20.3 Å². The Hall–Kier alpha value is -1.48. The number of hydrogen-bond acceptors (Lipinski definition) is 6. The van der Waals surface area contributed by atoms with Crippen molar-refractivity contribution < 1.29 is 9.53 Å². The molecule has 0 saturated carbocycles. The van der Waals surface area contributed by atoms with Crippen molar-refractivity contribution in [3.8, 4) is 0 Å². The van der Waals surface area contributed by atoms with Crippen LogP contribution in [0, 0.1) is 0 Å². The summed E-state index contributed by atoms with van der Waals surface area (Å²) in [6.45, 7) is 8.08. The first-order valence-corrected chi connectivity index (χ1v) is 10.7. The van der Waals surface area contributed by atoms with Crippen LogP contribution in [0.15, 0.2) is 20.9 Å². The Kier molecular flexibility index (Phi) is 8.02. The lowest BCUT2D eigenvalue weighted by molar-refractivity contribution is 0.0507. The Bertz CT molecular complexity index is 586. The van der Waals surface area contributed by atoms with Crippen LogP contribution in [0.25, 0.3) is 0 Å². The van der Waals surface area contributed by atoms with Crippen molar-refractivity contribution in [3.63, 3.8) is 0 Å². The highest BCUT2D eigenvalue weighted by atomic mass is 32.2. The summed E-state index contributed by atoms with van der Waals surface area (Å²) in [5, 5.41) is 8.34. The Morgan fingerprint density at radius 1 is 1.54 bits per heavy atom. The fraction of sp³-hybridized carbons (Fsp3) is 0.706. The van der Waals surface area contributed by atoms with Crippen LogP contribution in [0.3, 0.4) is 0 Å². The van der Waals surface area contributed by atoms with Gasteiger partial charge in [-0.3, -0.25) is 4.99 Å². The summed E-state index contributed by atoms with van der Waals surface area (Å²) in [6, 6.07) is 0.0869. The average Bonchev–Trinajstić information content (AvgIpc) is 3.21. The molecule has 9 heteroatoms. The number of carbonyl (C=O) groups excluding carboxylic acids is 1. The molecule has 7 nitrogen and oxygen atoms in total. The average molecular weight is 400 g/mol. The number of ether oxygens (including phenoxy) is 1. The number of thiazole rings is 1. The lowest BCUT2D eigenvalue weighted by Crippen LogP contribution is -2.44. The Labute approximate surface area is 164 Å². The molecular weight excluding hydrogens is 370 g/mol. The molecule has 1 aromatic heterocycles. The van der Waals surface area contributed by atoms with E-state index in [1.807, 2.05) is 32.3 Å². The molecule has 1 saturated heterocycles. The van der Waals surface area contributed by atoms with Crippen LogP contribution < -0.4 is 10.6 Å². The van der Waals surface area contributed by atoms with E-state index < -0.39 is 5.60 Å². The van der Waals surface area contributed by atoms with Gasteiger partial charge in [0.25, 0.3) is 0 Å². The maximum Gasteiger partial charge on any atom is 0.407 e. The minimum Gasteiger partial charge on any atom is -0.444 e. The zero-order valence-electron chi connectivity index (χ0n) is 15.9. The van der Waals surface area contributed by atoms with Crippen molar-refractivity contribution >= 4 is 35.2 Å². The van der Waals surface area contributed by atoms with E-state index in [-0.39, 0.29) is 12.1 Å². The normalized spacial score (nSPS) is 18.1. The van der Waals surface area contributed by atoms with Crippen LogP contribution in [-0.2, 0) is 4.74 Å². The summed E-state index contributed by atoms with van der Waals surface area (Å²) in [4.78, 5) is 22.7. The molecular formula is C17H29N5O2S2. The molecule has 1 aliphatic rings. The van der Waals surface area contributed by atoms with Gasteiger partial charge in [-0.05, 0) is 33.6 Å². The number of carbonyl (C=O) groups is 1. The predicted molar refractivity (Wildman–Crippen MR) is 108 cm³/mol. The highest BCUT2D eigenvalue weighted by Crippen LogP contribution is 2.20. The summed E-state index contributed by atoms with van der Waals surface area (Å²) in [5.41, 5.74) is -0.476. The van der Waals surface area contributed by atoms with Crippen molar-refractivity contribution in [2.45, 2.75) is 49.6 Å². The van der Waals surface area contributed by atoms with Crippen molar-refractivity contribution in [2.75, 3.05) is 32.4 Å². The third kappa shape index (κ3) is 7.41. The van der Waals surface area contributed by atoms with E-state index in [9.17, 15) is 4.79 Å². The van der Waals surface area contributed by atoms with Gasteiger partial charge in [0.1, 0.15) is 9.94 Å². The van der Waals surface area contributed by atoms with Gasteiger partial charge in [0.2, 0.25) is 0 Å². The first-order valence-electron chi connectivity index (χ1n) is 8.85. The smallest absolute Gasteiger partial charge is 0.407 e. The lowest BCUT2D eigenvalue weighted by atomic mass is 10.2. The molecule has 2 heterocycles. The molecule has 0 spiro atoms. The molecule has 1 fully saturated rings. The molecule has 1 aliphatic heterocycles. The highest BCUT2D eigenvalue weighted by Gasteiger charge is 2.27. The summed E-state index contributed by atoms with van der Waals surface area (Å²) in [6.07, 6.45) is 3.41. The molecule has 1 amide bonds. The number of amides is 1. The molecule has 0 aromatic carbocycles. The van der Waals surface area contributed by atoms with Gasteiger partial charge in [-0.1, -0.05) is 11.8 Å². The van der Waals surface area contributed by atoms with Crippen molar-refractivity contribution in [2.24, 2.45) is 4.99 Å². The van der Waals surface area contributed by atoms with Gasteiger partial charge >= 0.3 is 6.09 Å². The molecule has 0 radical (unpaired) electrons. The fourth-order valence-electron chi connectivity index (χ4n) is 2.59. The second kappa shape index (κ2) is 10.0. The van der Waals surface area contributed by atoms with Gasteiger partial charge in [-0.2, -0.15) is 0 Å². The first-order chi connectivity index (χ1) is 12.4. The Balaban J connectivity index is 1.66. The van der Waals surface area contributed by atoms with E-state index in [4.69, 9.17) is 4.74 Å². The van der Waals surface area contributed by atoms with Gasteiger partial charge in [-0.15, -0.1) is 11.3 Å². The van der Waals surface area contributed by atoms with Gasteiger partial charge in [0.05, 0.1) is 6.04 Å². The second-order valence-electron chi connectivity index (χ2n) is 7.05. The third-order valence-electron chi connectivity index (χ3n) is 3.66. The monoisotopic (exact) mass is 399 g/mol. The number of likely N-dealkylation sites (tertiary alicyclic amines) is 1. The lowest BCUT2D eigenvalue weighted by Gasteiger charge is -2.23. The minimum atomic E-state index is -0.476. The van der Waals surface area contributed by atoms with E-state index >= 15 is 0 Å². The number of rotatable bonds is 6. The van der Waals surface area contributed by atoms with E-state index in [1.54, 1.807) is 30.1 Å². The Morgan fingerprint density at radius 2 is 2.35 bits per heavy atom. The number of aliphatic imine (C=N–C) groups is 1. The van der Waals surface area contributed by atoms with Crippen LogP contribution in [0.5, 0.6) is 0 Å².